The number of carbonyl (C=O) groups is 1. The zero-order valence-electron chi connectivity index (χ0n) is 28.8. The summed E-state index contributed by atoms with van der Waals surface area (Å²) in [5.41, 5.74) is 0. The molecule has 0 rings (SSSR count). The predicted molar refractivity (Wildman–Crippen MR) is 184 cm³/mol. The maximum Gasteiger partial charge on any atom is 0.220 e. The molecule has 0 aromatic rings. The van der Waals surface area contributed by atoms with Gasteiger partial charge in [0, 0.05) is 6.42 Å². The van der Waals surface area contributed by atoms with E-state index in [0.29, 0.717) is 12.8 Å². The zero-order valence-corrected chi connectivity index (χ0v) is 28.8. The van der Waals surface area contributed by atoms with E-state index in [0.717, 1.165) is 25.7 Å². The van der Waals surface area contributed by atoms with Crippen LogP contribution in [0.1, 0.15) is 219 Å². The highest BCUT2D eigenvalue weighted by Crippen LogP contribution is 2.17. The first-order valence-electron chi connectivity index (χ1n) is 19.2. The molecule has 4 heteroatoms. The number of rotatable bonds is 35. The van der Waals surface area contributed by atoms with Crippen LogP contribution in [0.15, 0.2) is 0 Å². The lowest BCUT2D eigenvalue weighted by molar-refractivity contribution is -0.123. The number of unbranched alkanes of at least 4 members (excludes halogenated alkanes) is 28. The molecule has 2 atom stereocenters. The van der Waals surface area contributed by atoms with Gasteiger partial charge < -0.3 is 15.5 Å². The lowest BCUT2D eigenvalue weighted by Crippen LogP contribution is -2.45. The van der Waals surface area contributed by atoms with Gasteiger partial charge in [-0.05, 0) is 12.8 Å². The molecule has 0 aromatic carbocycles. The van der Waals surface area contributed by atoms with E-state index in [1.165, 1.54) is 167 Å². The maximum atomic E-state index is 11.8. The second-order valence-corrected chi connectivity index (χ2v) is 13.4. The van der Waals surface area contributed by atoms with Gasteiger partial charge in [0.25, 0.3) is 0 Å². The molecule has 0 saturated heterocycles. The number of hydrogen-bond donors (Lipinski definition) is 3. The van der Waals surface area contributed by atoms with Gasteiger partial charge in [-0.25, -0.2) is 0 Å². The molecule has 0 aromatic heterocycles. The Morgan fingerprint density at radius 3 is 1.05 bits per heavy atom. The standard InChI is InChI=1S/C38H77NO3/c1-3-5-7-8-9-10-11-12-13-14-15-16-17-18-19-20-21-22-23-24-25-26-27-28-29-30-31-32-33-37(41)36(35-40)39-38(42)34-6-4-2/h36-37,40-41H,3-35H2,1-2H3,(H,39,42). The van der Waals surface area contributed by atoms with E-state index in [-0.39, 0.29) is 12.5 Å². The van der Waals surface area contributed by atoms with E-state index >= 15 is 0 Å². The van der Waals surface area contributed by atoms with Gasteiger partial charge in [-0.3, -0.25) is 4.79 Å². The van der Waals surface area contributed by atoms with E-state index in [4.69, 9.17) is 0 Å². The van der Waals surface area contributed by atoms with Crippen LogP contribution in [0.5, 0.6) is 0 Å². The van der Waals surface area contributed by atoms with Gasteiger partial charge in [-0.2, -0.15) is 0 Å². The molecule has 0 aliphatic rings. The van der Waals surface area contributed by atoms with Crippen molar-refractivity contribution >= 4 is 5.91 Å². The van der Waals surface area contributed by atoms with Gasteiger partial charge in [0.2, 0.25) is 5.91 Å². The second kappa shape index (κ2) is 34.9. The Morgan fingerprint density at radius 2 is 0.762 bits per heavy atom. The lowest BCUT2D eigenvalue weighted by atomic mass is 10.0. The van der Waals surface area contributed by atoms with Gasteiger partial charge in [0.1, 0.15) is 0 Å². The monoisotopic (exact) mass is 596 g/mol. The third-order valence-corrected chi connectivity index (χ3v) is 9.12. The Hall–Kier alpha value is -0.610. The van der Waals surface area contributed by atoms with Crippen molar-refractivity contribution in [2.75, 3.05) is 6.61 Å². The topological polar surface area (TPSA) is 69.6 Å². The van der Waals surface area contributed by atoms with E-state index < -0.39 is 12.1 Å². The van der Waals surface area contributed by atoms with Crippen molar-refractivity contribution in [1.82, 2.24) is 5.32 Å². The molecular weight excluding hydrogens is 518 g/mol. The van der Waals surface area contributed by atoms with Crippen LogP contribution in [0.2, 0.25) is 0 Å². The average Bonchev–Trinajstić information content (AvgIpc) is 3.00. The van der Waals surface area contributed by atoms with Crippen molar-refractivity contribution in [3.05, 3.63) is 0 Å². The maximum absolute atomic E-state index is 11.8. The van der Waals surface area contributed by atoms with E-state index in [2.05, 4.69) is 19.2 Å². The molecule has 0 aliphatic carbocycles. The summed E-state index contributed by atoms with van der Waals surface area (Å²) in [6.45, 7) is 4.15. The summed E-state index contributed by atoms with van der Waals surface area (Å²) < 4.78 is 0. The first kappa shape index (κ1) is 41.4. The number of aliphatic hydroxyl groups excluding tert-OH is 2. The highest BCUT2D eigenvalue weighted by Gasteiger charge is 2.19. The first-order chi connectivity index (χ1) is 20.7. The van der Waals surface area contributed by atoms with Crippen LogP contribution >= 0.6 is 0 Å². The number of aliphatic hydroxyl groups is 2. The molecule has 252 valence electrons. The second-order valence-electron chi connectivity index (χ2n) is 13.4. The summed E-state index contributed by atoms with van der Waals surface area (Å²) >= 11 is 0. The molecule has 0 radical (unpaired) electrons. The molecule has 0 heterocycles. The molecular formula is C38H77NO3. The third kappa shape index (κ3) is 30.8. The van der Waals surface area contributed by atoms with Gasteiger partial charge in [0.05, 0.1) is 18.8 Å². The Morgan fingerprint density at radius 1 is 0.476 bits per heavy atom. The quantitative estimate of drug-likeness (QED) is 0.0638. The van der Waals surface area contributed by atoms with Gasteiger partial charge in [-0.15, -0.1) is 0 Å². The molecule has 4 nitrogen and oxygen atoms in total. The van der Waals surface area contributed by atoms with E-state index in [1.807, 2.05) is 0 Å². The number of amides is 1. The summed E-state index contributed by atoms with van der Waals surface area (Å²) in [7, 11) is 0. The summed E-state index contributed by atoms with van der Waals surface area (Å²) in [6.07, 6.45) is 41.3. The fourth-order valence-electron chi connectivity index (χ4n) is 6.10. The van der Waals surface area contributed by atoms with Crippen LogP contribution in [0.3, 0.4) is 0 Å². The summed E-state index contributed by atoms with van der Waals surface area (Å²) in [4.78, 5) is 11.8. The number of nitrogens with one attached hydrogen (secondary N) is 1. The highest BCUT2D eigenvalue weighted by atomic mass is 16.3. The Balaban J connectivity index is 3.25. The summed E-state index contributed by atoms with van der Waals surface area (Å²) in [5.74, 6) is -0.0645. The fraction of sp³-hybridized carbons (Fsp3) is 0.974. The van der Waals surface area contributed by atoms with Crippen LogP contribution < -0.4 is 5.32 Å². The first-order valence-corrected chi connectivity index (χ1v) is 19.2. The van der Waals surface area contributed by atoms with Gasteiger partial charge in [-0.1, -0.05) is 200 Å². The SMILES string of the molecule is CCCCCCCCCCCCCCCCCCCCCCCCCCCCCCC(O)C(CO)NC(=O)CCCC. The zero-order chi connectivity index (χ0) is 30.8. The minimum absolute atomic E-state index is 0.0645. The predicted octanol–water partition coefficient (Wildman–Crippen LogP) is 11.3. The molecule has 0 spiro atoms. The van der Waals surface area contributed by atoms with E-state index in [1.54, 1.807) is 0 Å². The molecule has 0 aliphatic heterocycles. The van der Waals surface area contributed by atoms with Gasteiger partial charge in [0.15, 0.2) is 0 Å². The fourth-order valence-corrected chi connectivity index (χ4v) is 6.10. The molecule has 3 N–H and O–H groups in total. The molecule has 1 amide bonds. The van der Waals surface area contributed by atoms with Crippen LogP contribution in [0, 0.1) is 0 Å². The van der Waals surface area contributed by atoms with Crippen LogP contribution in [0.4, 0.5) is 0 Å². The lowest BCUT2D eigenvalue weighted by Gasteiger charge is -2.22. The van der Waals surface area contributed by atoms with Crippen molar-refractivity contribution in [3.8, 4) is 0 Å². The molecule has 42 heavy (non-hydrogen) atoms. The Bertz CT molecular complexity index is 526. The molecule has 0 saturated carbocycles. The van der Waals surface area contributed by atoms with Crippen molar-refractivity contribution in [3.63, 3.8) is 0 Å². The largest absolute Gasteiger partial charge is 0.394 e. The smallest absolute Gasteiger partial charge is 0.220 e. The van der Waals surface area contributed by atoms with Gasteiger partial charge >= 0.3 is 0 Å². The molecule has 0 bridgehead atoms. The van der Waals surface area contributed by atoms with E-state index in [9.17, 15) is 15.0 Å². The number of carbonyl (C=O) groups excluding carboxylic acids is 1. The summed E-state index contributed by atoms with van der Waals surface area (Å²) in [6, 6.07) is -0.525. The van der Waals surface area contributed by atoms with Crippen LogP contribution in [0.25, 0.3) is 0 Å². The Labute approximate surface area is 264 Å². The Kier molecular flexibility index (Phi) is 34.4. The minimum Gasteiger partial charge on any atom is -0.394 e. The van der Waals surface area contributed by atoms with Crippen molar-refractivity contribution in [2.24, 2.45) is 0 Å². The van der Waals surface area contributed by atoms with Crippen molar-refractivity contribution in [1.29, 1.82) is 0 Å². The average molecular weight is 596 g/mol. The number of hydrogen-bond acceptors (Lipinski definition) is 3. The normalized spacial score (nSPS) is 13.0. The summed E-state index contributed by atoms with van der Waals surface area (Å²) in [5, 5.41) is 22.6. The minimum atomic E-state index is -0.648. The van der Waals surface area contributed by atoms with Crippen LogP contribution in [-0.2, 0) is 4.79 Å². The van der Waals surface area contributed by atoms with Crippen LogP contribution in [-0.4, -0.2) is 34.9 Å². The molecule has 0 fully saturated rings. The van der Waals surface area contributed by atoms with Crippen molar-refractivity contribution < 1.29 is 15.0 Å². The molecule has 2 unspecified atom stereocenters. The highest BCUT2D eigenvalue weighted by molar-refractivity contribution is 5.76. The third-order valence-electron chi connectivity index (χ3n) is 9.12. The van der Waals surface area contributed by atoms with Crippen molar-refractivity contribution in [2.45, 2.75) is 231 Å².